The average Bonchev–Trinajstić information content (AvgIpc) is 3.00. The minimum Gasteiger partial charge on any atom is -0.508 e. The number of phenols is 1. The summed E-state index contributed by atoms with van der Waals surface area (Å²) in [7, 11) is 0. The molecule has 2 aromatic carbocycles. The summed E-state index contributed by atoms with van der Waals surface area (Å²) < 4.78 is 0. The van der Waals surface area contributed by atoms with Gasteiger partial charge in [0.05, 0.1) is 6.04 Å². The molecular weight excluding hydrogens is 304 g/mol. The molecule has 0 saturated heterocycles. The number of benzene rings is 2. The van der Waals surface area contributed by atoms with Gasteiger partial charge in [0, 0.05) is 16.6 Å². The first-order valence-corrected chi connectivity index (χ1v) is 7.68. The molecule has 0 radical (unpaired) electrons. The van der Waals surface area contributed by atoms with E-state index in [0.29, 0.717) is 5.02 Å². The molecule has 0 fully saturated rings. The molecule has 1 heterocycles. The van der Waals surface area contributed by atoms with Crippen LogP contribution < -0.4 is 5.32 Å². The summed E-state index contributed by atoms with van der Waals surface area (Å²) in [6.45, 7) is 0. The van der Waals surface area contributed by atoms with Crippen LogP contribution in [0.1, 0.15) is 17.2 Å². The van der Waals surface area contributed by atoms with Crippen LogP contribution in [0.15, 0.2) is 60.1 Å². The molecule has 0 spiro atoms. The fourth-order valence-corrected chi connectivity index (χ4v) is 2.78. The lowest BCUT2D eigenvalue weighted by molar-refractivity contribution is 0.475. The van der Waals surface area contributed by atoms with E-state index in [2.05, 4.69) is 10.3 Å². The first-order valence-electron chi connectivity index (χ1n) is 6.43. The highest BCUT2D eigenvalue weighted by molar-refractivity contribution is 7.13. The number of nitrogens with zero attached hydrogens (tertiary/aromatic N) is 1. The van der Waals surface area contributed by atoms with Crippen molar-refractivity contribution in [2.45, 2.75) is 6.04 Å². The zero-order valence-corrected chi connectivity index (χ0v) is 12.6. The third kappa shape index (κ3) is 3.35. The van der Waals surface area contributed by atoms with Gasteiger partial charge in [-0.3, -0.25) is 0 Å². The van der Waals surface area contributed by atoms with Gasteiger partial charge < -0.3 is 10.4 Å². The second kappa shape index (κ2) is 6.16. The van der Waals surface area contributed by atoms with Crippen molar-refractivity contribution in [1.29, 1.82) is 0 Å². The fourth-order valence-electron chi connectivity index (χ4n) is 2.10. The lowest BCUT2D eigenvalue weighted by Crippen LogP contribution is -2.12. The van der Waals surface area contributed by atoms with Crippen LogP contribution in [0, 0.1) is 0 Å². The Labute approximate surface area is 131 Å². The molecule has 1 aromatic heterocycles. The van der Waals surface area contributed by atoms with Crippen LogP contribution in [0.2, 0.25) is 5.02 Å². The lowest BCUT2D eigenvalue weighted by Gasteiger charge is -2.19. The van der Waals surface area contributed by atoms with Gasteiger partial charge in [-0.1, -0.05) is 35.9 Å². The van der Waals surface area contributed by atoms with E-state index < -0.39 is 0 Å². The summed E-state index contributed by atoms with van der Waals surface area (Å²) in [5, 5.41) is 16.4. The van der Waals surface area contributed by atoms with Crippen molar-refractivity contribution in [2.24, 2.45) is 0 Å². The second-order valence-corrected chi connectivity index (χ2v) is 5.89. The van der Waals surface area contributed by atoms with Crippen molar-refractivity contribution >= 4 is 28.1 Å². The number of anilines is 1. The molecule has 0 saturated carbocycles. The normalized spacial score (nSPS) is 12.0. The van der Waals surface area contributed by atoms with Gasteiger partial charge in [0.15, 0.2) is 5.13 Å². The predicted octanol–water partition coefficient (Wildman–Crippen LogP) is 4.70. The molecule has 0 aliphatic carbocycles. The van der Waals surface area contributed by atoms with Crippen LogP contribution in [0.3, 0.4) is 0 Å². The van der Waals surface area contributed by atoms with E-state index in [0.717, 1.165) is 16.3 Å². The molecule has 21 heavy (non-hydrogen) atoms. The summed E-state index contributed by atoms with van der Waals surface area (Å²) in [4.78, 5) is 4.27. The van der Waals surface area contributed by atoms with E-state index in [1.54, 1.807) is 29.7 Å². The summed E-state index contributed by atoms with van der Waals surface area (Å²) in [6, 6.07) is 14.8. The molecule has 2 N–H and O–H groups in total. The number of halogens is 1. The molecule has 0 aliphatic rings. The smallest absolute Gasteiger partial charge is 0.183 e. The molecule has 0 aliphatic heterocycles. The number of rotatable bonds is 4. The van der Waals surface area contributed by atoms with Crippen LogP contribution in [0.4, 0.5) is 5.13 Å². The molecule has 0 bridgehead atoms. The highest BCUT2D eigenvalue weighted by Crippen LogP contribution is 2.29. The van der Waals surface area contributed by atoms with Crippen molar-refractivity contribution in [3.8, 4) is 5.75 Å². The molecule has 3 nitrogen and oxygen atoms in total. The van der Waals surface area contributed by atoms with Gasteiger partial charge >= 0.3 is 0 Å². The summed E-state index contributed by atoms with van der Waals surface area (Å²) in [5.74, 6) is 0.253. The van der Waals surface area contributed by atoms with Crippen molar-refractivity contribution in [1.82, 2.24) is 4.98 Å². The predicted molar refractivity (Wildman–Crippen MR) is 87.1 cm³/mol. The molecule has 106 valence electrons. The van der Waals surface area contributed by atoms with E-state index in [4.69, 9.17) is 11.6 Å². The second-order valence-electron chi connectivity index (χ2n) is 4.56. The average molecular weight is 317 g/mol. The standard InChI is InChI=1S/C16H13ClN2OS/c17-13-5-1-11(2-6-13)15(19-16-18-9-10-21-16)12-3-7-14(20)8-4-12/h1-10,15,20H,(H,18,19). The Hall–Kier alpha value is -2.04. The van der Waals surface area contributed by atoms with Crippen LogP contribution in [-0.4, -0.2) is 10.1 Å². The molecule has 1 unspecified atom stereocenters. The Kier molecular flexibility index (Phi) is 4.08. The monoisotopic (exact) mass is 316 g/mol. The van der Waals surface area contributed by atoms with Crippen molar-refractivity contribution in [2.75, 3.05) is 5.32 Å². The number of hydrogen-bond acceptors (Lipinski definition) is 4. The van der Waals surface area contributed by atoms with Crippen LogP contribution in [-0.2, 0) is 0 Å². The zero-order chi connectivity index (χ0) is 14.7. The minimum absolute atomic E-state index is 0.0472. The number of hydrogen-bond donors (Lipinski definition) is 2. The largest absolute Gasteiger partial charge is 0.508 e. The van der Waals surface area contributed by atoms with E-state index in [1.165, 1.54) is 0 Å². The quantitative estimate of drug-likeness (QED) is 0.733. The van der Waals surface area contributed by atoms with Crippen molar-refractivity contribution in [3.63, 3.8) is 0 Å². The number of phenolic OH excluding ortho intramolecular Hbond substituents is 1. The summed E-state index contributed by atoms with van der Waals surface area (Å²) in [5.41, 5.74) is 2.13. The maximum atomic E-state index is 9.45. The Balaban J connectivity index is 1.97. The Bertz CT molecular complexity index is 651. The summed E-state index contributed by atoms with van der Waals surface area (Å²) >= 11 is 7.51. The zero-order valence-electron chi connectivity index (χ0n) is 11.0. The van der Waals surface area contributed by atoms with Gasteiger partial charge in [0.1, 0.15) is 5.75 Å². The molecule has 3 rings (SSSR count). The lowest BCUT2D eigenvalue weighted by atomic mass is 9.99. The number of nitrogens with one attached hydrogen (secondary N) is 1. The van der Waals surface area contributed by atoms with E-state index >= 15 is 0 Å². The van der Waals surface area contributed by atoms with Gasteiger partial charge in [-0.05, 0) is 35.4 Å². The number of thiazole rings is 1. The van der Waals surface area contributed by atoms with Gasteiger partial charge in [-0.15, -0.1) is 11.3 Å². The highest BCUT2D eigenvalue weighted by atomic mass is 35.5. The van der Waals surface area contributed by atoms with Crippen LogP contribution in [0.5, 0.6) is 5.75 Å². The van der Waals surface area contributed by atoms with E-state index in [-0.39, 0.29) is 11.8 Å². The molecule has 5 heteroatoms. The minimum atomic E-state index is -0.0472. The number of aromatic hydroxyl groups is 1. The molecule has 0 amide bonds. The van der Waals surface area contributed by atoms with E-state index in [9.17, 15) is 5.11 Å². The first kappa shape index (κ1) is 13.9. The van der Waals surface area contributed by atoms with Crippen LogP contribution in [0.25, 0.3) is 0 Å². The van der Waals surface area contributed by atoms with Gasteiger partial charge in [0.25, 0.3) is 0 Å². The Morgan fingerprint density at radius 3 is 2.19 bits per heavy atom. The Morgan fingerprint density at radius 1 is 1.00 bits per heavy atom. The first-order chi connectivity index (χ1) is 10.2. The molecular formula is C16H13ClN2OS. The molecule has 3 aromatic rings. The highest BCUT2D eigenvalue weighted by Gasteiger charge is 2.15. The maximum Gasteiger partial charge on any atom is 0.183 e. The SMILES string of the molecule is Oc1ccc(C(Nc2nccs2)c2ccc(Cl)cc2)cc1. The third-order valence-corrected chi connectivity index (χ3v) is 4.09. The maximum absolute atomic E-state index is 9.45. The summed E-state index contributed by atoms with van der Waals surface area (Å²) in [6.07, 6.45) is 1.77. The fraction of sp³-hybridized carbons (Fsp3) is 0.0625. The number of aromatic nitrogens is 1. The topological polar surface area (TPSA) is 45.1 Å². The van der Waals surface area contributed by atoms with Crippen molar-refractivity contribution in [3.05, 3.63) is 76.3 Å². The van der Waals surface area contributed by atoms with Crippen LogP contribution >= 0.6 is 22.9 Å². The Morgan fingerprint density at radius 2 is 1.62 bits per heavy atom. The van der Waals surface area contributed by atoms with Gasteiger partial charge in [0.2, 0.25) is 0 Å². The van der Waals surface area contributed by atoms with Gasteiger partial charge in [-0.2, -0.15) is 0 Å². The third-order valence-electron chi connectivity index (χ3n) is 3.13. The van der Waals surface area contributed by atoms with Crippen molar-refractivity contribution < 1.29 is 5.11 Å². The molecule has 1 atom stereocenters. The van der Waals surface area contributed by atoms with E-state index in [1.807, 2.05) is 41.8 Å². The van der Waals surface area contributed by atoms with Gasteiger partial charge in [-0.25, -0.2) is 4.98 Å².